The van der Waals surface area contributed by atoms with Gasteiger partial charge in [-0.15, -0.1) is 0 Å². The lowest BCUT2D eigenvalue weighted by Crippen LogP contribution is -2.25. The number of hydrogen-bond acceptors (Lipinski definition) is 6. The highest BCUT2D eigenvalue weighted by molar-refractivity contribution is 7.17. The molecule has 1 aliphatic heterocycles. The highest BCUT2D eigenvalue weighted by Crippen LogP contribution is 2.20. The predicted molar refractivity (Wildman–Crippen MR) is 100 cm³/mol. The number of esters is 1. The van der Waals surface area contributed by atoms with Crippen LogP contribution in [-0.4, -0.2) is 44.1 Å². The molecule has 0 aromatic carbocycles. The third-order valence-corrected chi connectivity index (χ3v) is 5.05. The maximum atomic E-state index is 12.1. The standard InChI is InChI=1S/C19H35O6P/c1-3-22-16-10-7-5-6-8-12-18(25-26-21)19(20)24-15-9-11-17(14-13-16)23-4-2/h16-18H,3-15H2,1-2H3. The van der Waals surface area contributed by atoms with Crippen molar-refractivity contribution in [2.45, 2.75) is 96.4 Å². The first-order chi connectivity index (χ1) is 12.7. The number of cyclic esters (lactones) is 1. The maximum Gasteiger partial charge on any atom is 0.336 e. The quantitative estimate of drug-likeness (QED) is 0.477. The van der Waals surface area contributed by atoms with Crippen molar-refractivity contribution in [1.82, 2.24) is 0 Å². The molecular weight excluding hydrogens is 355 g/mol. The van der Waals surface area contributed by atoms with E-state index in [1.165, 1.54) is 0 Å². The summed E-state index contributed by atoms with van der Waals surface area (Å²) >= 11 is 0. The van der Waals surface area contributed by atoms with Gasteiger partial charge in [0.1, 0.15) is 0 Å². The van der Waals surface area contributed by atoms with Gasteiger partial charge in [0.2, 0.25) is 0 Å². The lowest BCUT2D eigenvalue weighted by molar-refractivity contribution is -0.152. The van der Waals surface area contributed by atoms with Gasteiger partial charge < -0.3 is 14.2 Å². The average Bonchev–Trinajstić information content (AvgIpc) is 2.63. The van der Waals surface area contributed by atoms with Gasteiger partial charge >= 0.3 is 14.7 Å². The minimum Gasteiger partial charge on any atom is -0.464 e. The molecule has 0 amide bonds. The number of hydrogen-bond donors (Lipinski definition) is 0. The van der Waals surface area contributed by atoms with E-state index in [9.17, 15) is 9.36 Å². The Kier molecular flexibility index (Phi) is 14.0. The summed E-state index contributed by atoms with van der Waals surface area (Å²) in [6.45, 7) is 5.81. The SMILES string of the molecule is CCOC1CCCCCCC(OP=O)C(=O)OCCCC(OCC)CC1. The van der Waals surface area contributed by atoms with Crippen molar-refractivity contribution >= 4 is 14.7 Å². The summed E-state index contributed by atoms with van der Waals surface area (Å²) in [6, 6.07) is 0. The van der Waals surface area contributed by atoms with E-state index in [4.69, 9.17) is 18.7 Å². The van der Waals surface area contributed by atoms with E-state index in [0.717, 1.165) is 64.4 Å². The molecule has 3 atom stereocenters. The first kappa shape index (κ1) is 23.5. The molecule has 26 heavy (non-hydrogen) atoms. The molecule has 0 spiro atoms. The smallest absolute Gasteiger partial charge is 0.336 e. The van der Waals surface area contributed by atoms with E-state index in [0.29, 0.717) is 25.7 Å². The molecule has 3 unspecified atom stereocenters. The molecule has 0 aromatic heterocycles. The molecule has 0 bridgehead atoms. The fourth-order valence-electron chi connectivity index (χ4n) is 3.36. The summed E-state index contributed by atoms with van der Waals surface area (Å²) in [5.74, 6) is -0.412. The second-order valence-electron chi connectivity index (χ2n) is 6.70. The fourth-order valence-corrected chi connectivity index (χ4v) is 3.66. The molecule has 1 saturated heterocycles. The normalized spacial score (nSPS) is 27.9. The Morgan fingerprint density at radius 2 is 1.46 bits per heavy atom. The van der Waals surface area contributed by atoms with Crippen molar-refractivity contribution in [3.63, 3.8) is 0 Å². The summed E-state index contributed by atoms with van der Waals surface area (Å²) in [6.07, 6.45) is 9.00. The molecule has 0 aliphatic carbocycles. The van der Waals surface area contributed by atoms with E-state index in [2.05, 4.69) is 0 Å². The van der Waals surface area contributed by atoms with Crippen LogP contribution in [0.4, 0.5) is 0 Å². The van der Waals surface area contributed by atoms with Crippen molar-refractivity contribution in [1.29, 1.82) is 0 Å². The topological polar surface area (TPSA) is 71.1 Å². The van der Waals surface area contributed by atoms with Crippen molar-refractivity contribution in [2.24, 2.45) is 0 Å². The molecule has 0 saturated carbocycles. The molecule has 1 aliphatic rings. The first-order valence-corrected chi connectivity index (χ1v) is 10.8. The lowest BCUT2D eigenvalue weighted by atomic mass is 10.0. The van der Waals surface area contributed by atoms with Crippen molar-refractivity contribution in [3.8, 4) is 0 Å². The summed E-state index contributed by atoms with van der Waals surface area (Å²) in [4.78, 5) is 12.1. The zero-order valence-corrected chi connectivity index (χ0v) is 17.2. The number of rotatable bonds is 6. The Labute approximate surface area is 159 Å². The van der Waals surface area contributed by atoms with Gasteiger partial charge in [-0.3, -0.25) is 4.52 Å². The van der Waals surface area contributed by atoms with Crippen LogP contribution in [0.5, 0.6) is 0 Å². The van der Waals surface area contributed by atoms with Crippen LogP contribution >= 0.6 is 8.69 Å². The van der Waals surface area contributed by atoms with Gasteiger partial charge in [-0.2, -0.15) is 0 Å². The van der Waals surface area contributed by atoms with Gasteiger partial charge in [-0.1, -0.05) is 25.7 Å². The van der Waals surface area contributed by atoms with Crippen LogP contribution in [0.3, 0.4) is 0 Å². The summed E-state index contributed by atoms with van der Waals surface area (Å²) < 4.78 is 32.8. The van der Waals surface area contributed by atoms with Crippen molar-refractivity contribution in [2.75, 3.05) is 19.8 Å². The van der Waals surface area contributed by atoms with Crippen LogP contribution in [0.15, 0.2) is 0 Å². The van der Waals surface area contributed by atoms with Crippen LogP contribution in [0, 0.1) is 0 Å². The molecule has 1 rings (SSSR count). The minimum absolute atomic E-state index is 0.168. The minimum atomic E-state index is -0.735. The number of carbonyl (C=O) groups excluding carboxylic acids is 1. The molecule has 7 heteroatoms. The van der Waals surface area contributed by atoms with Gasteiger partial charge in [0, 0.05) is 13.2 Å². The molecule has 0 radical (unpaired) electrons. The predicted octanol–water partition coefficient (Wildman–Crippen LogP) is 4.85. The fraction of sp³-hybridized carbons (Fsp3) is 0.947. The second kappa shape index (κ2) is 15.5. The number of carbonyl (C=O) groups is 1. The summed E-state index contributed by atoms with van der Waals surface area (Å²) in [5, 5.41) is 0. The Balaban J connectivity index is 2.60. The van der Waals surface area contributed by atoms with Gasteiger partial charge in [-0.25, -0.2) is 9.36 Å². The Morgan fingerprint density at radius 1 is 0.885 bits per heavy atom. The van der Waals surface area contributed by atoms with Crippen LogP contribution in [0.1, 0.15) is 78.1 Å². The largest absolute Gasteiger partial charge is 0.464 e. The highest BCUT2D eigenvalue weighted by Gasteiger charge is 2.22. The van der Waals surface area contributed by atoms with E-state index in [-0.39, 0.29) is 6.10 Å². The van der Waals surface area contributed by atoms with E-state index < -0.39 is 20.8 Å². The van der Waals surface area contributed by atoms with Crippen molar-refractivity contribution in [3.05, 3.63) is 0 Å². The molecular formula is C19H35O6P. The van der Waals surface area contributed by atoms with Gasteiger partial charge in [-0.05, 0) is 52.4 Å². The van der Waals surface area contributed by atoms with Crippen LogP contribution in [0.25, 0.3) is 0 Å². The first-order valence-electron chi connectivity index (χ1n) is 10.1. The molecule has 1 heterocycles. The molecule has 0 aromatic rings. The van der Waals surface area contributed by atoms with Crippen LogP contribution < -0.4 is 0 Å². The Hall–Kier alpha value is -0.550. The Morgan fingerprint density at radius 3 is 2.04 bits per heavy atom. The van der Waals surface area contributed by atoms with Gasteiger partial charge in [0.15, 0.2) is 6.10 Å². The van der Waals surface area contributed by atoms with E-state index in [1.54, 1.807) is 0 Å². The number of ether oxygens (including phenoxy) is 3. The third-order valence-electron chi connectivity index (χ3n) is 4.71. The second-order valence-corrected chi connectivity index (χ2v) is 7.06. The van der Waals surface area contributed by atoms with Gasteiger partial charge in [0.05, 0.1) is 18.8 Å². The van der Waals surface area contributed by atoms with E-state index in [1.807, 2.05) is 13.8 Å². The zero-order valence-electron chi connectivity index (χ0n) is 16.3. The molecule has 1 fully saturated rings. The maximum absolute atomic E-state index is 12.1. The van der Waals surface area contributed by atoms with Crippen LogP contribution in [0.2, 0.25) is 0 Å². The van der Waals surface area contributed by atoms with Crippen molar-refractivity contribution < 1.29 is 28.1 Å². The average molecular weight is 390 g/mol. The zero-order chi connectivity index (χ0) is 19.0. The van der Waals surface area contributed by atoms with Gasteiger partial charge in [0.25, 0.3) is 0 Å². The summed E-state index contributed by atoms with van der Waals surface area (Å²) in [5.41, 5.74) is 0. The molecule has 6 nitrogen and oxygen atoms in total. The highest BCUT2D eigenvalue weighted by atomic mass is 31.1. The molecule has 0 N–H and O–H groups in total. The molecule has 152 valence electrons. The Bertz CT molecular complexity index is 379. The lowest BCUT2D eigenvalue weighted by Gasteiger charge is -2.22. The summed E-state index contributed by atoms with van der Waals surface area (Å²) in [7, 11) is -0.475. The third kappa shape index (κ3) is 10.6. The van der Waals surface area contributed by atoms with Crippen LogP contribution in [-0.2, 0) is 28.1 Å². The van der Waals surface area contributed by atoms with E-state index >= 15 is 0 Å². The monoisotopic (exact) mass is 390 g/mol.